The second-order valence-electron chi connectivity index (χ2n) is 6.73. The molecule has 28 heavy (non-hydrogen) atoms. The van der Waals surface area contributed by atoms with Crippen LogP contribution >= 0.6 is 0 Å². The molecule has 3 aromatic heterocycles. The molecule has 4 rings (SSSR count). The van der Waals surface area contributed by atoms with Gasteiger partial charge in [0.1, 0.15) is 11.3 Å². The van der Waals surface area contributed by atoms with E-state index in [0.717, 1.165) is 39.2 Å². The topological polar surface area (TPSA) is 69.0 Å². The highest BCUT2D eigenvalue weighted by Crippen LogP contribution is 2.28. The largest absolute Gasteiger partial charge is 0.494 e. The Morgan fingerprint density at radius 2 is 1.96 bits per heavy atom. The molecule has 0 saturated carbocycles. The van der Waals surface area contributed by atoms with Gasteiger partial charge < -0.3 is 9.64 Å². The zero-order valence-corrected chi connectivity index (χ0v) is 16.4. The molecule has 0 atom stereocenters. The summed E-state index contributed by atoms with van der Waals surface area (Å²) in [4.78, 5) is 15.7. The van der Waals surface area contributed by atoms with Gasteiger partial charge in [-0.3, -0.25) is 9.67 Å². The summed E-state index contributed by atoms with van der Waals surface area (Å²) in [5.74, 6) is 1.43. The Hall–Kier alpha value is -3.48. The Balaban J connectivity index is 1.66. The number of methoxy groups -OCH3 is 1. The number of aryl methyl sites for hydroxylation is 2. The fourth-order valence-electron chi connectivity index (χ4n) is 3.37. The van der Waals surface area contributed by atoms with Gasteiger partial charge in [-0.2, -0.15) is 5.10 Å². The Bertz CT molecular complexity index is 1140. The smallest absolute Gasteiger partial charge is 0.225 e. The van der Waals surface area contributed by atoms with Crippen LogP contribution < -0.4 is 9.64 Å². The summed E-state index contributed by atoms with van der Waals surface area (Å²) in [5.41, 5.74) is 4.82. The molecule has 0 aliphatic heterocycles. The van der Waals surface area contributed by atoms with Crippen LogP contribution in [0.25, 0.3) is 22.2 Å². The summed E-state index contributed by atoms with van der Waals surface area (Å²) in [5, 5.41) is 5.47. The third-order valence-corrected chi connectivity index (χ3v) is 4.72. The first-order valence-electron chi connectivity index (χ1n) is 9.02. The fourth-order valence-corrected chi connectivity index (χ4v) is 3.37. The summed E-state index contributed by atoms with van der Waals surface area (Å²) >= 11 is 0. The number of pyridine rings is 1. The number of hydrogen-bond donors (Lipinski definition) is 0. The van der Waals surface area contributed by atoms with Gasteiger partial charge >= 0.3 is 0 Å². The van der Waals surface area contributed by atoms with E-state index in [1.165, 1.54) is 0 Å². The van der Waals surface area contributed by atoms with E-state index in [1.54, 1.807) is 24.2 Å². The highest BCUT2D eigenvalue weighted by molar-refractivity contribution is 5.87. The monoisotopic (exact) mass is 374 g/mol. The van der Waals surface area contributed by atoms with Gasteiger partial charge in [0.05, 0.1) is 18.5 Å². The van der Waals surface area contributed by atoms with Crippen LogP contribution in [0.15, 0.2) is 48.9 Å². The van der Waals surface area contributed by atoms with Gasteiger partial charge in [-0.1, -0.05) is 12.1 Å². The van der Waals surface area contributed by atoms with Crippen LogP contribution in [0.4, 0.5) is 5.95 Å². The van der Waals surface area contributed by atoms with Gasteiger partial charge in [0.2, 0.25) is 5.95 Å². The molecule has 3 heterocycles. The lowest BCUT2D eigenvalue weighted by molar-refractivity contribution is 0.419. The quantitative estimate of drug-likeness (QED) is 0.533. The molecule has 0 aliphatic rings. The van der Waals surface area contributed by atoms with Crippen LogP contribution in [0.5, 0.6) is 5.75 Å². The molecular weight excluding hydrogens is 352 g/mol. The summed E-state index contributed by atoms with van der Waals surface area (Å²) in [7, 11) is 5.56. The first-order chi connectivity index (χ1) is 13.6. The van der Waals surface area contributed by atoms with Crippen molar-refractivity contribution in [3.05, 3.63) is 60.2 Å². The normalized spacial score (nSPS) is 11.0. The standard InChI is InChI=1S/C21H22N6O/c1-14-17(13-27(3)25-14)18-9-11-23-21(24-18)26(2)12-15-7-8-19(28-4)20-16(15)6-5-10-22-20/h5-11,13H,12H2,1-4H3. The lowest BCUT2D eigenvalue weighted by Crippen LogP contribution is -2.19. The van der Waals surface area contributed by atoms with E-state index in [-0.39, 0.29) is 0 Å². The molecular formula is C21H22N6O. The predicted octanol–water partition coefficient (Wildman–Crippen LogP) is 3.38. The summed E-state index contributed by atoms with van der Waals surface area (Å²) in [6, 6.07) is 9.93. The lowest BCUT2D eigenvalue weighted by atomic mass is 10.1. The van der Waals surface area contributed by atoms with E-state index >= 15 is 0 Å². The molecule has 0 bridgehead atoms. The fraction of sp³-hybridized carbons (Fsp3) is 0.238. The number of ether oxygens (including phenoxy) is 1. The number of aromatic nitrogens is 5. The molecule has 0 fully saturated rings. The first-order valence-corrected chi connectivity index (χ1v) is 9.02. The number of nitrogens with zero attached hydrogens (tertiary/aromatic N) is 6. The highest BCUT2D eigenvalue weighted by atomic mass is 16.5. The van der Waals surface area contributed by atoms with Crippen molar-refractivity contribution in [2.45, 2.75) is 13.5 Å². The minimum atomic E-state index is 0.654. The second-order valence-corrected chi connectivity index (χ2v) is 6.73. The van der Waals surface area contributed by atoms with Crippen LogP contribution in [0.1, 0.15) is 11.3 Å². The van der Waals surface area contributed by atoms with E-state index in [9.17, 15) is 0 Å². The molecule has 0 unspecified atom stereocenters. The van der Waals surface area contributed by atoms with Crippen LogP contribution in [0.3, 0.4) is 0 Å². The predicted molar refractivity (Wildman–Crippen MR) is 109 cm³/mol. The molecule has 7 nitrogen and oxygen atoms in total. The van der Waals surface area contributed by atoms with Crippen LogP contribution in [0, 0.1) is 6.92 Å². The Morgan fingerprint density at radius 1 is 1.11 bits per heavy atom. The Morgan fingerprint density at radius 3 is 2.71 bits per heavy atom. The van der Waals surface area contributed by atoms with Gasteiger partial charge in [0, 0.05) is 50.2 Å². The Kier molecular flexibility index (Phi) is 4.65. The molecule has 0 radical (unpaired) electrons. The first kappa shape index (κ1) is 17.9. The minimum absolute atomic E-state index is 0.654. The van der Waals surface area contributed by atoms with Gasteiger partial charge in [-0.15, -0.1) is 0 Å². The molecule has 4 aromatic rings. The molecule has 0 amide bonds. The van der Waals surface area contributed by atoms with Crippen molar-refractivity contribution in [1.82, 2.24) is 24.7 Å². The summed E-state index contributed by atoms with van der Waals surface area (Å²) in [6.45, 7) is 2.64. The number of fused-ring (bicyclic) bond motifs is 1. The summed E-state index contributed by atoms with van der Waals surface area (Å²) < 4.78 is 7.24. The Labute approximate surface area is 163 Å². The van der Waals surface area contributed by atoms with Crippen molar-refractivity contribution in [2.75, 3.05) is 19.1 Å². The van der Waals surface area contributed by atoms with Crippen molar-refractivity contribution < 1.29 is 4.74 Å². The van der Waals surface area contributed by atoms with Crippen LogP contribution in [-0.2, 0) is 13.6 Å². The van der Waals surface area contributed by atoms with Crippen molar-refractivity contribution >= 4 is 16.9 Å². The third-order valence-electron chi connectivity index (χ3n) is 4.72. The SMILES string of the molecule is COc1ccc(CN(C)c2nccc(-c3cn(C)nc3C)n2)c2cccnc12. The molecule has 1 aromatic carbocycles. The molecule has 7 heteroatoms. The maximum atomic E-state index is 5.44. The minimum Gasteiger partial charge on any atom is -0.494 e. The lowest BCUT2D eigenvalue weighted by Gasteiger charge is -2.19. The van der Waals surface area contributed by atoms with E-state index < -0.39 is 0 Å². The van der Waals surface area contributed by atoms with E-state index in [0.29, 0.717) is 12.5 Å². The zero-order chi connectivity index (χ0) is 19.7. The van der Waals surface area contributed by atoms with Gasteiger partial charge in [-0.05, 0) is 30.7 Å². The summed E-state index contributed by atoms with van der Waals surface area (Å²) in [6.07, 6.45) is 5.54. The van der Waals surface area contributed by atoms with Gasteiger partial charge in [0.15, 0.2) is 0 Å². The number of hydrogen-bond acceptors (Lipinski definition) is 6. The average molecular weight is 374 g/mol. The highest BCUT2D eigenvalue weighted by Gasteiger charge is 2.13. The van der Waals surface area contributed by atoms with Crippen molar-refractivity contribution in [3.8, 4) is 17.0 Å². The molecule has 0 saturated heterocycles. The van der Waals surface area contributed by atoms with Gasteiger partial charge in [-0.25, -0.2) is 9.97 Å². The van der Waals surface area contributed by atoms with Crippen LogP contribution in [-0.4, -0.2) is 38.9 Å². The maximum Gasteiger partial charge on any atom is 0.225 e. The maximum absolute atomic E-state index is 5.44. The van der Waals surface area contributed by atoms with Crippen molar-refractivity contribution in [3.63, 3.8) is 0 Å². The van der Waals surface area contributed by atoms with E-state index in [4.69, 9.17) is 9.72 Å². The van der Waals surface area contributed by atoms with E-state index in [1.807, 2.05) is 50.3 Å². The molecule has 0 aliphatic carbocycles. The molecule has 0 spiro atoms. The van der Waals surface area contributed by atoms with E-state index in [2.05, 4.69) is 27.2 Å². The van der Waals surface area contributed by atoms with Crippen molar-refractivity contribution in [1.29, 1.82) is 0 Å². The van der Waals surface area contributed by atoms with Gasteiger partial charge in [0.25, 0.3) is 0 Å². The zero-order valence-electron chi connectivity index (χ0n) is 16.4. The average Bonchev–Trinajstić information content (AvgIpc) is 3.06. The number of benzene rings is 1. The van der Waals surface area contributed by atoms with Crippen molar-refractivity contribution in [2.24, 2.45) is 7.05 Å². The number of rotatable bonds is 5. The molecule has 142 valence electrons. The van der Waals surface area contributed by atoms with Crippen LogP contribution in [0.2, 0.25) is 0 Å². The third kappa shape index (κ3) is 3.26. The number of anilines is 1. The second kappa shape index (κ2) is 7.26. The molecule has 0 N–H and O–H groups in total.